The molecule has 0 fully saturated rings. The third kappa shape index (κ3) is 2.90. The number of rotatable bonds is 1. The zero-order chi connectivity index (χ0) is 13.2. The minimum Gasteiger partial charge on any atom is -0.490 e. The largest absolute Gasteiger partial charge is 0.490 e. The van der Waals surface area contributed by atoms with E-state index >= 15 is 0 Å². The molecule has 0 aliphatic carbocycles. The third-order valence-electron chi connectivity index (χ3n) is 2.67. The number of aromatic nitrogens is 2. The van der Waals surface area contributed by atoms with E-state index in [0.29, 0.717) is 19.0 Å². The molecule has 0 saturated carbocycles. The molecule has 0 atom stereocenters. The van der Waals surface area contributed by atoms with E-state index in [1.54, 1.807) is 6.07 Å². The predicted octanol–water partition coefficient (Wildman–Crippen LogP) is 3.83. The molecule has 1 aliphatic rings. The van der Waals surface area contributed by atoms with Crippen molar-refractivity contribution in [3.8, 4) is 22.9 Å². The summed E-state index contributed by atoms with van der Waals surface area (Å²) in [5, 5.41) is 0. The normalized spacial score (nSPS) is 14.0. The van der Waals surface area contributed by atoms with Gasteiger partial charge in [0, 0.05) is 18.1 Å². The Morgan fingerprint density at radius 3 is 2.32 bits per heavy atom. The molecular formula is C13H10Br2N2O2. The Bertz CT molecular complexity index is 599. The van der Waals surface area contributed by atoms with Crippen LogP contribution in [-0.2, 0) is 0 Å². The van der Waals surface area contributed by atoms with Gasteiger partial charge in [0.15, 0.2) is 17.3 Å². The van der Waals surface area contributed by atoms with E-state index in [2.05, 4.69) is 41.8 Å². The number of benzene rings is 1. The summed E-state index contributed by atoms with van der Waals surface area (Å²) in [4.78, 5) is 8.71. The molecule has 6 heteroatoms. The molecule has 2 heterocycles. The second-order valence-corrected chi connectivity index (χ2v) is 5.67. The van der Waals surface area contributed by atoms with Crippen molar-refractivity contribution in [2.24, 2.45) is 0 Å². The first-order valence-electron chi connectivity index (χ1n) is 5.82. The van der Waals surface area contributed by atoms with Gasteiger partial charge >= 0.3 is 0 Å². The smallest absolute Gasteiger partial charge is 0.161 e. The standard InChI is InChI=1S/C13H10Br2N2O2/c14-11-7-12(15)17-13(16-11)8-2-3-9-10(6-8)19-5-1-4-18-9/h2-3,6-7H,1,4-5H2. The van der Waals surface area contributed by atoms with Crippen LogP contribution in [0.2, 0.25) is 0 Å². The van der Waals surface area contributed by atoms with Crippen molar-refractivity contribution in [1.29, 1.82) is 0 Å². The van der Waals surface area contributed by atoms with Gasteiger partial charge in [-0.25, -0.2) is 9.97 Å². The highest BCUT2D eigenvalue weighted by Crippen LogP contribution is 2.33. The Hall–Kier alpha value is -1.14. The van der Waals surface area contributed by atoms with Crippen molar-refractivity contribution in [2.45, 2.75) is 6.42 Å². The van der Waals surface area contributed by atoms with Crippen LogP contribution < -0.4 is 9.47 Å². The van der Waals surface area contributed by atoms with Crippen LogP contribution in [0.4, 0.5) is 0 Å². The zero-order valence-electron chi connectivity index (χ0n) is 9.90. The molecule has 2 aromatic rings. The summed E-state index contributed by atoms with van der Waals surface area (Å²) in [6, 6.07) is 7.54. The second kappa shape index (κ2) is 5.46. The van der Waals surface area contributed by atoms with Crippen molar-refractivity contribution in [2.75, 3.05) is 13.2 Å². The van der Waals surface area contributed by atoms with Crippen LogP contribution in [0.3, 0.4) is 0 Å². The number of ether oxygens (including phenoxy) is 2. The van der Waals surface area contributed by atoms with Crippen LogP contribution in [0, 0.1) is 0 Å². The molecule has 0 radical (unpaired) electrons. The maximum atomic E-state index is 5.67. The first-order valence-corrected chi connectivity index (χ1v) is 7.41. The number of fused-ring (bicyclic) bond motifs is 1. The van der Waals surface area contributed by atoms with Gasteiger partial charge in [0.1, 0.15) is 9.21 Å². The molecule has 1 aromatic carbocycles. The van der Waals surface area contributed by atoms with E-state index in [4.69, 9.17) is 9.47 Å². The average molecular weight is 386 g/mol. The Morgan fingerprint density at radius 2 is 1.58 bits per heavy atom. The van der Waals surface area contributed by atoms with E-state index in [9.17, 15) is 0 Å². The molecule has 0 unspecified atom stereocenters. The molecule has 3 rings (SSSR count). The first kappa shape index (κ1) is 12.9. The summed E-state index contributed by atoms with van der Waals surface area (Å²) < 4.78 is 12.7. The Morgan fingerprint density at radius 1 is 0.895 bits per heavy atom. The minimum atomic E-state index is 0.636. The van der Waals surface area contributed by atoms with Crippen LogP contribution >= 0.6 is 31.9 Å². The predicted molar refractivity (Wildman–Crippen MR) is 78.5 cm³/mol. The van der Waals surface area contributed by atoms with Crippen LogP contribution in [0.15, 0.2) is 33.5 Å². The number of nitrogens with zero attached hydrogens (tertiary/aromatic N) is 2. The van der Waals surface area contributed by atoms with E-state index in [0.717, 1.165) is 32.7 Å². The summed E-state index contributed by atoms with van der Waals surface area (Å²) in [6.45, 7) is 1.35. The van der Waals surface area contributed by atoms with Gasteiger partial charge in [0.2, 0.25) is 0 Å². The van der Waals surface area contributed by atoms with Crippen molar-refractivity contribution < 1.29 is 9.47 Å². The van der Waals surface area contributed by atoms with Crippen LogP contribution in [0.5, 0.6) is 11.5 Å². The highest BCUT2D eigenvalue weighted by atomic mass is 79.9. The second-order valence-electron chi connectivity index (χ2n) is 4.05. The molecule has 1 aromatic heterocycles. The summed E-state index contributed by atoms with van der Waals surface area (Å²) in [7, 11) is 0. The van der Waals surface area contributed by atoms with E-state index in [1.165, 1.54) is 0 Å². The number of hydrogen-bond acceptors (Lipinski definition) is 4. The highest BCUT2D eigenvalue weighted by molar-refractivity contribution is 9.11. The third-order valence-corrected chi connectivity index (χ3v) is 3.48. The fraction of sp³-hybridized carbons (Fsp3) is 0.231. The lowest BCUT2D eigenvalue weighted by molar-refractivity contribution is 0.297. The highest BCUT2D eigenvalue weighted by Gasteiger charge is 2.13. The molecule has 98 valence electrons. The summed E-state index contributed by atoms with van der Waals surface area (Å²) in [5.41, 5.74) is 0.895. The molecule has 0 saturated heterocycles. The van der Waals surface area contributed by atoms with E-state index in [1.807, 2.05) is 18.2 Å². The summed E-state index contributed by atoms with van der Waals surface area (Å²) in [6.07, 6.45) is 0.892. The van der Waals surface area contributed by atoms with Gasteiger partial charge in [-0.15, -0.1) is 0 Å². The minimum absolute atomic E-state index is 0.636. The van der Waals surface area contributed by atoms with Crippen LogP contribution in [0.25, 0.3) is 11.4 Å². The molecule has 0 N–H and O–H groups in total. The fourth-order valence-corrected chi connectivity index (χ4v) is 2.90. The SMILES string of the molecule is Brc1cc(Br)nc(-c2ccc3c(c2)OCCCO3)n1. The Kier molecular flexibility index (Phi) is 3.70. The monoisotopic (exact) mass is 384 g/mol. The quantitative estimate of drug-likeness (QED) is 0.699. The summed E-state index contributed by atoms with van der Waals surface area (Å²) in [5.74, 6) is 2.15. The van der Waals surface area contributed by atoms with Crippen LogP contribution in [0.1, 0.15) is 6.42 Å². The number of halogens is 2. The van der Waals surface area contributed by atoms with Crippen LogP contribution in [-0.4, -0.2) is 23.2 Å². The van der Waals surface area contributed by atoms with Gasteiger partial charge in [0.25, 0.3) is 0 Å². The van der Waals surface area contributed by atoms with Crippen molar-refractivity contribution in [3.63, 3.8) is 0 Å². The van der Waals surface area contributed by atoms with Crippen molar-refractivity contribution in [3.05, 3.63) is 33.5 Å². The molecular weight excluding hydrogens is 376 g/mol. The molecule has 0 bridgehead atoms. The van der Waals surface area contributed by atoms with Gasteiger partial charge in [-0.3, -0.25) is 0 Å². The number of hydrogen-bond donors (Lipinski definition) is 0. The fourth-order valence-electron chi connectivity index (χ4n) is 1.82. The average Bonchev–Trinajstić information content (AvgIpc) is 2.61. The molecule has 19 heavy (non-hydrogen) atoms. The maximum absolute atomic E-state index is 5.67. The first-order chi connectivity index (χ1) is 9.22. The zero-order valence-corrected chi connectivity index (χ0v) is 13.1. The Balaban J connectivity index is 2.03. The lowest BCUT2D eigenvalue weighted by Crippen LogP contribution is -1.97. The molecule has 0 amide bonds. The maximum Gasteiger partial charge on any atom is 0.161 e. The van der Waals surface area contributed by atoms with Gasteiger partial charge in [0.05, 0.1) is 13.2 Å². The van der Waals surface area contributed by atoms with Gasteiger partial charge in [-0.05, 0) is 50.1 Å². The van der Waals surface area contributed by atoms with E-state index < -0.39 is 0 Å². The molecule has 0 spiro atoms. The Labute approximate surface area is 127 Å². The van der Waals surface area contributed by atoms with Crippen molar-refractivity contribution in [1.82, 2.24) is 9.97 Å². The van der Waals surface area contributed by atoms with Gasteiger partial charge in [-0.2, -0.15) is 0 Å². The topological polar surface area (TPSA) is 44.2 Å². The molecule has 1 aliphatic heterocycles. The lowest BCUT2D eigenvalue weighted by atomic mass is 10.2. The van der Waals surface area contributed by atoms with E-state index in [-0.39, 0.29) is 0 Å². The molecule has 4 nitrogen and oxygen atoms in total. The summed E-state index contributed by atoms with van der Waals surface area (Å²) >= 11 is 6.72. The van der Waals surface area contributed by atoms with Gasteiger partial charge < -0.3 is 9.47 Å². The van der Waals surface area contributed by atoms with Gasteiger partial charge in [-0.1, -0.05) is 0 Å². The lowest BCUT2D eigenvalue weighted by Gasteiger charge is -2.09. The van der Waals surface area contributed by atoms with Crippen molar-refractivity contribution >= 4 is 31.9 Å².